The van der Waals surface area contributed by atoms with Crippen LogP contribution in [0.1, 0.15) is 65.2 Å². The van der Waals surface area contributed by atoms with Crippen LogP contribution in [0, 0.1) is 11.3 Å². The third-order valence-electron chi connectivity index (χ3n) is 4.28. The quantitative estimate of drug-likeness (QED) is 0.591. The molecular formula is C14H24O3. The highest BCUT2D eigenvalue weighted by Crippen LogP contribution is 2.41. The molecule has 17 heavy (non-hydrogen) atoms. The zero-order valence-electron chi connectivity index (χ0n) is 11.0. The van der Waals surface area contributed by atoms with Crippen LogP contribution in [0.15, 0.2) is 0 Å². The number of carboxylic acid groups (broad SMARTS) is 1. The van der Waals surface area contributed by atoms with Gasteiger partial charge in [0, 0.05) is 5.41 Å². The molecule has 1 fully saturated rings. The first-order valence-electron chi connectivity index (χ1n) is 6.84. The summed E-state index contributed by atoms with van der Waals surface area (Å²) in [5.41, 5.74) is -0.352. The minimum absolute atomic E-state index is 0.0168. The highest BCUT2D eigenvalue weighted by atomic mass is 16.4. The summed E-state index contributed by atoms with van der Waals surface area (Å²) in [6.45, 7) is 3.81. The van der Waals surface area contributed by atoms with Gasteiger partial charge >= 0.3 is 5.97 Å². The molecule has 1 rings (SSSR count). The Labute approximate surface area is 104 Å². The van der Waals surface area contributed by atoms with E-state index in [0.29, 0.717) is 6.42 Å². The summed E-state index contributed by atoms with van der Waals surface area (Å²) in [6.07, 6.45) is 7.45. The molecule has 1 aliphatic rings. The molecule has 0 aromatic heterocycles. The number of carbonyl (C=O) groups excluding carboxylic acids is 1. The Kier molecular flexibility index (Phi) is 5.16. The van der Waals surface area contributed by atoms with Crippen molar-refractivity contribution in [1.29, 1.82) is 0 Å². The van der Waals surface area contributed by atoms with Crippen molar-refractivity contribution in [3.8, 4) is 0 Å². The molecule has 0 aromatic carbocycles. The molecule has 1 aliphatic carbocycles. The fourth-order valence-electron chi connectivity index (χ4n) is 3.02. The van der Waals surface area contributed by atoms with Crippen molar-refractivity contribution in [3.63, 3.8) is 0 Å². The molecule has 1 N–H and O–H groups in total. The summed E-state index contributed by atoms with van der Waals surface area (Å²) in [4.78, 5) is 23.6. The fourth-order valence-corrected chi connectivity index (χ4v) is 3.02. The molecule has 1 saturated carbocycles. The van der Waals surface area contributed by atoms with Gasteiger partial charge in [0.15, 0.2) is 5.78 Å². The maximum Gasteiger partial charge on any atom is 0.314 e. The predicted molar refractivity (Wildman–Crippen MR) is 66.8 cm³/mol. The first kappa shape index (κ1) is 14.2. The van der Waals surface area contributed by atoms with E-state index in [1.165, 1.54) is 12.8 Å². The van der Waals surface area contributed by atoms with E-state index in [2.05, 4.69) is 0 Å². The van der Waals surface area contributed by atoms with Crippen LogP contribution in [0.4, 0.5) is 0 Å². The van der Waals surface area contributed by atoms with Crippen LogP contribution >= 0.6 is 0 Å². The Balaban J connectivity index is 2.90. The van der Waals surface area contributed by atoms with Crippen molar-refractivity contribution >= 4 is 11.8 Å². The van der Waals surface area contributed by atoms with Gasteiger partial charge in [0.25, 0.3) is 0 Å². The smallest absolute Gasteiger partial charge is 0.314 e. The van der Waals surface area contributed by atoms with E-state index in [-0.39, 0.29) is 11.2 Å². The van der Waals surface area contributed by atoms with E-state index >= 15 is 0 Å². The van der Waals surface area contributed by atoms with Crippen molar-refractivity contribution in [2.45, 2.75) is 65.2 Å². The van der Waals surface area contributed by atoms with Crippen LogP contribution in [0.5, 0.6) is 0 Å². The monoisotopic (exact) mass is 240 g/mol. The topological polar surface area (TPSA) is 54.4 Å². The largest absolute Gasteiger partial charge is 0.481 e. The van der Waals surface area contributed by atoms with Crippen LogP contribution in [-0.4, -0.2) is 16.9 Å². The number of ketones is 1. The van der Waals surface area contributed by atoms with E-state index in [0.717, 1.165) is 32.1 Å². The van der Waals surface area contributed by atoms with Crippen molar-refractivity contribution in [3.05, 3.63) is 0 Å². The molecule has 0 spiro atoms. The van der Waals surface area contributed by atoms with Gasteiger partial charge in [0.1, 0.15) is 5.92 Å². The average molecular weight is 240 g/mol. The van der Waals surface area contributed by atoms with E-state index in [1.807, 2.05) is 6.92 Å². The number of carbonyl (C=O) groups is 2. The normalized spacial score (nSPS) is 21.5. The van der Waals surface area contributed by atoms with E-state index in [9.17, 15) is 9.59 Å². The van der Waals surface area contributed by atoms with Gasteiger partial charge in [-0.15, -0.1) is 0 Å². The molecule has 0 saturated heterocycles. The molecule has 0 aliphatic heterocycles. The first-order valence-corrected chi connectivity index (χ1v) is 6.84. The van der Waals surface area contributed by atoms with Gasteiger partial charge in [-0.05, 0) is 25.7 Å². The highest BCUT2D eigenvalue weighted by molar-refractivity contribution is 6.01. The summed E-state index contributed by atoms with van der Waals surface area (Å²) in [5, 5.41) is 9.13. The number of rotatable bonds is 5. The molecule has 0 heterocycles. The molecular weight excluding hydrogens is 216 g/mol. The summed E-state index contributed by atoms with van der Waals surface area (Å²) in [7, 11) is 0. The maximum atomic E-state index is 12.5. The maximum absolute atomic E-state index is 12.5. The molecule has 0 bridgehead atoms. The second-order valence-electron chi connectivity index (χ2n) is 5.21. The Morgan fingerprint density at radius 2 is 1.65 bits per heavy atom. The molecule has 3 heteroatoms. The Bertz CT molecular complexity index is 275. The molecule has 0 aromatic rings. The third-order valence-corrected chi connectivity index (χ3v) is 4.28. The lowest BCUT2D eigenvalue weighted by molar-refractivity contribution is -0.150. The lowest BCUT2D eigenvalue weighted by Gasteiger charge is -2.32. The van der Waals surface area contributed by atoms with Gasteiger partial charge in [0.2, 0.25) is 0 Å². The SMILES string of the molecule is CCC(C(=O)O)C(=O)C1(CC)CCCCCC1. The van der Waals surface area contributed by atoms with E-state index < -0.39 is 11.9 Å². The van der Waals surface area contributed by atoms with Gasteiger partial charge in [-0.1, -0.05) is 39.5 Å². The van der Waals surface area contributed by atoms with Crippen molar-refractivity contribution in [1.82, 2.24) is 0 Å². The first-order chi connectivity index (χ1) is 8.07. The fraction of sp³-hybridized carbons (Fsp3) is 0.857. The van der Waals surface area contributed by atoms with Crippen molar-refractivity contribution in [2.75, 3.05) is 0 Å². The van der Waals surface area contributed by atoms with Gasteiger partial charge in [-0.25, -0.2) is 0 Å². The minimum Gasteiger partial charge on any atom is -0.481 e. The third kappa shape index (κ3) is 3.08. The van der Waals surface area contributed by atoms with Crippen LogP contribution in [0.2, 0.25) is 0 Å². The van der Waals surface area contributed by atoms with Gasteiger partial charge in [-0.3, -0.25) is 9.59 Å². The number of Topliss-reactive ketones (excluding diaryl/α,β-unsaturated/α-hetero) is 1. The Morgan fingerprint density at radius 1 is 1.12 bits per heavy atom. The second-order valence-corrected chi connectivity index (χ2v) is 5.21. The van der Waals surface area contributed by atoms with Gasteiger partial charge in [0.05, 0.1) is 0 Å². The highest BCUT2D eigenvalue weighted by Gasteiger charge is 2.42. The number of aliphatic carboxylic acids is 1. The minimum atomic E-state index is -0.949. The predicted octanol–water partition coefficient (Wildman–Crippen LogP) is 3.42. The summed E-state index contributed by atoms with van der Waals surface area (Å²) in [5.74, 6) is -1.76. The Hall–Kier alpha value is -0.860. The van der Waals surface area contributed by atoms with Crippen LogP contribution in [-0.2, 0) is 9.59 Å². The van der Waals surface area contributed by atoms with Gasteiger partial charge in [-0.2, -0.15) is 0 Å². The Morgan fingerprint density at radius 3 is 2.00 bits per heavy atom. The van der Waals surface area contributed by atoms with E-state index in [4.69, 9.17) is 5.11 Å². The van der Waals surface area contributed by atoms with Gasteiger partial charge < -0.3 is 5.11 Å². The number of hydrogen-bond donors (Lipinski definition) is 1. The number of hydrogen-bond acceptors (Lipinski definition) is 2. The van der Waals surface area contributed by atoms with Crippen LogP contribution in [0.3, 0.4) is 0 Å². The summed E-state index contributed by atoms with van der Waals surface area (Å²) in [6, 6.07) is 0. The summed E-state index contributed by atoms with van der Waals surface area (Å²) < 4.78 is 0. The van der Waals surface area contributed by atoms with Crippen LogP contribution < -0.4 is 0 Å². The molecule has 3 nitrogen and oxygen atoms in total. The number of carboxylic acids is 1. The molecule has 0 radical (unpaired) electrons. The lowest BCUT2D eigenvalue weighted by Crippen LogP contribution is -2.38. The summed E-state index contributed by atoms with van der Waals surface area (Å²) >= 11 is 0. The second kappa shape index (κ2) is 6.18. The lowest BCUT2D eigenvalue weighted by atomic mass is 9.70. The molecule has 1 unspecified atom stereocenters. The van der Waals surface area contributed by atoms with E-state index in [1.54, 1.807) is 6.92 Å². The van der Waals surface area contributed by atoms with Crippen LogP contribution in [0.25, 0.3) is 0 Å². The molecule has 98 valence electrons. The van der Waals surface area contributed by atoms with Crippen molar-refractivity contribution < 1.29 is 14.7 Å². The van der Waals surface area contributed by atoms with Crippen molar-refractivity contribution in [2.24, 2.45) is 11.3 Å². The zero-order chi connectivity index (χ0) is 12.9. The average Bonchev–Trinajstić information content (AvgIpc) is 2.55. The molecule has 1 atom stereocenters. The standard InChI is InChI=1S/C14H24O3/c1-3-11(13(16)17)12(15)14(4-2)9-7-5-6-8-10-14/h11H,3-10H2,1-2H3,(H,16,17). The molecule has 0 amide bonds. The zero-order valence-corrected chi connectivity index (χ0v) is 11.0.